The first-order valence-electron chi connectivity index (χ1n) is 9.33. The maximum absolute atomic E-state index is 14.9. The number of anilines is 2. The van der Waals surface area contributed by atoms with Gasteiger partial charge in [-0.15, -0.1) is 4.80 Å². The Bertz CT molecular complexity index is 1260. The van der Waals surface area contributed by atoms with Gasteiger partial charge < -0.3 is 11.1 Å². The Morgan fingerprint density at radius 2 is 1.94 bits per heavy atom. The molecule has 0 bridgehead atoms. The van der Waals surface area contributed by atoms with Gasteiger partial charge in [0, 0.05) is 11.8 Å². The van der Waals surface area contributed by atoms with Crippen LogP contribution in [-0.4, -0.2) is 30.9 Å². The van der Waals surface area contributed by atoms with Crippen LogP contribution in [0.1, 0.15) is 22.8 Å². The number of pyridine rings is 2. The van der Waals surface area contributed by atoms with E-state index >= 15 is 0 Å². The number of carbonyl (C=O) groups is 1. The Morgan fingerprint density at radius 1 is 1.16 bits per heavy atom. The molecule has 1 aromatic carbocycles. The van der Waals surface area contributed by atoms with Crippen molar-refractivity contribution in [2.24, 2.45) is 0 Å². The number of halogens is 2. The Balaban J connectivity index is 1.63. The van der Waals surface area contributed by atoms with Crippen molar-refractivity contribution in [3.63, 3.8) is 0 Å². The number of carbonyl (C=O) groups excluding carboxylic acids is 1. The molecule has 3 aromatic heterocycles. The van der Waals surface area contributed by atoms with Gasteiger partial charge in [-0.1, -0.05) is 18.5 Å². The number of aromatic nitrogens is 5. The van der Waals surface area contributed by atoms with E-state index in [4.69, 9.17) is 17.3 Å². The van der Waals surface area contributed by atoms with E-state index in [9.17, 15) is 9.18 Å². The molecule has 0 saturated carbocycles. The largest absolute Gasteiger partial charge is 0.397 e. The lowest BCUT2D eigenvalue weighted by atomic mass is 9.95. The quantitative estimate of drug-likeness (QED) is 0.489. The Morgan fingerprint density at radius 3 is 2.61 bits per heavy atom. The lowest BCUT2D eigenvalue weighted by molar-refractivity contribution is 0.102. The van der Waals surface area contributed by atoms with Gasteiger partial charge in [0.05, 0.1) is 46.7 Å². The van der Waals surface area contributed by atoms with Crippen molar-refractivity contribution in [3.8, 4) is 16.9 Å². The third kappa shape index (κ3) is 4.08. The van der Waals surface area contributed by atoms with Crippen LogP contribution in [0.2, 0.25) is 5.02 Å². The second kappa shape index (κ2) is 8.49. The maximum atomic E-state index is 14.9. The first kappa shape index (κ1) is 20.4. The molecular formula is C21H17ClFN7O. The molecule has 0 unspecified atom stereocenters. The molecule has 0 fully saturated rings. The van der Waals surface area contributed by atoms with E-state index < -0.39 is 11.7 Å². The van der Waals surface area contributed by atoms with Crippen LogP contribution in [0.3, 0.4) is 0 Å². The summed E-state index contributed by atoms with van der Waals surface area (Å²) in [7, 11) is 0. The minimum atomic E-state index is -0.669. The molecule has 3 N–H and O–H groups in total. The van der Waals surface area contributed by atoms with Crippen molar-refractivity contribution in [1.29, 1.82) is 0 Å². The fraction of sp³-hybridized carbons (Fsp3) is 0.0952. The maximum Gasteiger partial charge on any atom is 0.258 e. The minimum Gasteiger partial charge on any atom is -0.397 e. The Kier molecular flexibility index (Phi) is 5.59. The highest BCUT2D eigenvalue weighted by molar-refractivity contribution is 6.32. The summed E-state index contributed by atoms with van der Waals surface area (Å²) in [5.74, 6) is -0.981. The first-order chi connectivity index (χ1) is 15.0. The molecule has 3 heterocycles. The highest BCUT2D eigenvalue weighted by Gasteiger charge is 2.18. The van der Waals surface area contributed by atoms with Crippen LogP contribution in [0.15, 0.2) is 55.2 Å². The van der Waals surface area contributed by atoms with E-state index in [1.807, 2.05) is 6.92 Å². The van der Waals surface area contributed by atoms with Crippen LogP contribution in [0.4, 0.5) is 15.8 Å². The SMILES string of the molecule is CCc1cc(C(=O)Nc2cnc(-n3nccn3)c(Cl)c2)c(F)cc1-c1ccncc1N. The second-order valence-electron chi connectivity index (χ2n) is 6.61. The number of benzene rings is 1. The van der Waals surface area contributed by atoms with E-state index in [1.54, 1.807) is 12.3 Å². The van der Waals surface area contributed by atoms with Crippen LogP contribution < -0.4 is 11.1 Å². The van der Waals surface area contributed by atoms with Gasteiger partial charge in [-0.3, -0.25) is 9.78 Å². The number of nitrogens with two attached hydrogens (primary N) is 1. The van der Waals surface area contributed by atoms with Gasteiger partial charge in [-0.05, 0) is 41.8 Å². The molecule has 8 nitrogen and oxygen atoms in total. The molecular weight excluding hydrogens is 421 g/mol. The molecule has 0 atom stereocenters. The van der Waals surface area contributed by atoms with Crippen LogP contribution in [-0.2, 0) is 6.42 Å². The van der Waals surface area contributed by atoms with E-state index in [2.05, 4.69) is 25.5 Å². The van der Waals surface area contributed by atoms with Crippen molar-refractivity contribution < 1.29 is 9.18 Å². The average Bonchev–Trinajstić information content (AvgIpc) is 3.28. The number of aryl methyl sites for hydroxylation is 1. The Hall–Kier alpha value is -3.85. The monoisotopic (exact) mass is 437 g/mol. The zero-order valence-corrected chi connectivity index (χ0v) is 17.1. The molecule has 0 aliphatic rings. The predicted molar refractivity (Wildman–Crippen MR) is 116 cm³/mol. The standard InChI is InChI=1S/C21H17ClFN7O/c1-2-12-7-16(18(23)9-15(12)14-3-4-25-11-19(14)24)21(31)29-13-8-17(22)20(26-10-13)30-27-5-6-28-30/h3-11H,2,24H2,1H3,(H,29,31). The van der Waals surface area contributed by atoms with Gasteiger partial charge in [-0.25, -0.2) is 9.37 Å². The predicted octanol–water partition coefficient (Wildman–Crippen LogP) is 3.91. The number of amides is 1. The molecule has 4 aromatic rings. The highest BCUT2D eigenvalue weighted by atomic mass is 35.5. The van der Waals surface area contributed by atoms with E-state index in [1.165, 1.54) is 47.8 Å². The van der Waals surface area contributed by atoms with Crippen molar-refractivity contribution in [3.05, 3.63) is 77.2 Å². The average molecular weight is 438 g/mol. The second-order valence-corrected chi connectivity index (χ2v) is 7.01. The number of nitrogens with one attached hydrogen (secondary N) is 1. The molecule has 4 rings (SSSR count). The first-order valence-corrected chi connectivity index (χ1v) is 9.71. The molecule has 1 amide bonds. The van der Waals surface area contributed by atoms with Crippen LogP contribution in [0, 0.1) is 5.82 Å². The van der Waals surface area contributed by atoms with Crippen molar-refractivity contribution in [2.45, 2.75) is 13.3 Å². The van der Waals surface area contributed by atoms with E-state index in [0.717, 1.165) is 5.56 Å². The third-order valence-corrected chi connectivity index (χ3v) is 4.93. The fourth-order valence-corrected chi connectivity index (χ4v) is 3.40. The van der Waals surface area contributed by atoms with Crippen molar-refractivity contribution >= 4 is 28.9 Å². The Labute approximate surface area is 181 Å². The zero-order valence-electron chi connectivity index (χ0n) is 16.4. The lowest BCUT2D eigenvalue weighted by Crippen LogP contribution is -2.15. The van der Waals surface area contributed by atoms with Gasteiger partial charge in [0.25, 0.3) is 5.91 Å². The van der Waals surface area contributed by atoms with Crippen LogP contribution in [0.25, 0.3) is 16.9 Å². The minimum absolute atomic E-state index is 0.0952. The molecule has 31 heavy (non-hydrogen) atoms. The van der Waals surface area contributed by atoms with E-state index in [0.29, 0.717) is 34.7 Å². The molecule has 0 radical (unpaired) electrons. The zero-order chi connectivity index (χ0) is 22.0. The number of nitrogen functional groups attached to an aromatic ring is 1. The molecule has 10 heteroatoms. The van der Waals surface area contributed by atoms with Crippen LogP contribution in [0.5, 0.6) is 0 Å². The summed E-state index contributed by atoms with van der Waals surface area (Å²) in [4.78, 5) is 22.1. The summed E-state index contributed by atoms with van der Waals surface area (Å²) in [6.07, 6.45) is 8.05. The van der Waals surface area contributed by atoms with Crippen molar-refractivity contribution in [1.82, 2.24) is 25.0 Å². The van der Waals surface area contributed by atoms with Gasteiger partial charge in [0.1, 0.15) is 5.82 Å². The van der Waals surface area contributed by atoms with Crippen LogP contribution >= 0.6 is 11.6 Å². The number of hydrogen-bond donors (Lipinski definition) is 2. The molecule has 0 saturated heterocycles. The molecule has 0 spiro atoms. The smallest absolute Gasteiger partial charge is 0.258 e. The molecule has 0 aliphatic carbocycles. The van der Waals surface area contributed by atoms with Gasteiger partial charge >= 0.3 is 0 Å². The number of rotatable bonds is 5. The summed E-state index contributed by atoms with van der Waals surface area (Å²) in [5.41, 5.74) is 8.71. The van der Waals surface area contributed by atoms with Gasteiger partial charge in [-0.2, -0.15) is 10.2 Å². The molecule has 0 aliphatic heterocycles. The summed E-state index contributed by atoms with van der Waals surface area (Å²) in [6.45, 7) is 1.92. The normalized spacial score (nSPS) is 10.8. The van der Waals surface area contributed by atoms with Gasteiger partial charge in [0.15, 0.2) is 5.82 Å². The van der Waals surface area contributed by atoms with E-state index in [-0.39, 0.29) is 10.6 Å². The third-order valence-electron chi connectivity index (χ3n) is 4.65. The van der Waals surface area contributed by atoms with Gasteiger partial charge in [0.2, 0.25) is 0 Å². The lowest BCUT2D eigenvalue weighted by Gasteiger charge is -2.14. The summed E-state index contributed by atoms with van der Waals surface area (Å²) < 4.78 is 14.9. The van der Waals surface area contributed by atoms with Crippen molar-refractivity contribution in [2.75, 3.05) is 11.1 Å². The summed E-state index contributed by atoms with van der Waals surface area (Å²) in [6, 6.07) is 6.05. The summed E-state index contributed by atoms with van der Waals surface area (Å²) >= 11 is 6.23. The number of nitrogens with zero attached hydrogens (tertiary/aromatic N) is 5. The summed E-state index contributed by atoms with van der Waals surface area (Å²) in [5, 5.41) is 10.8. The number of hydrogen-bond acceptors (Lipinski definition) is 6. The fourth-order valence-electron chi connectivity index (χ4n) is 3.16. The molecule has 156 valence electrons. The topological polar surface area (TPSA) is 112 Å². The highest BCUT2D eigenvalue weighted by Crippen LogP contribution is 2.31.